The number of aromatic nitrogens is 3. The minimum absolute atomic E-state index is 0.0559. The number of nitrogens with zero attached hydrogens (tertiary/aromatic N) is 4. The largest absolute Gasteiger partial charge is 0.416 e. The number of likely N-dealkylation sites (tertiary alicyclic amines) is 1. The predicted molar refractivity (Wildman–Crippen MR) is 140 cm³/mol. The molecular weight excluding hydrogens is 503 g/mol. The lowest BCUT2D eigenvalue weighted by Gasteiger charge is -2.31. The smallest absolute Gasteiger partial charge is 0.354 e. The SMILES string of the molecule is CCNc1nccc(-c2sc(NC(=O)Nc3ccc(CN4CCC(C)CC4)c(C(F)(F)F)c3)nc2C)n1. The summed E-state index contributed by atoms with van der Waals surface area (Å²) in [4.78, 5) is 28.4. The van der Waals surface area contributed by atoms with Crippen LogP contribution < -0.4 is 16.0 Å². The van der Waals surface area contributed by atoms with Gasteiger partial charge in [0.1, 0.15) is 0 Å². The van der Waals surface area contributed by atoms with Crippen LogP contribution in [0.4, 0.5) is 34.7 Å². The number of carbonyl (C=O) groups is 1. The Labute approximate surface area is 217 Å². The second-order valence-electron chi connectivity index (χ2n) is 9.14. The molecule has 37 heavy (non-hydrogen) atoms. The highest BCUT2D eigenvalue weighted by atomic mass is 32.1. The Morgan fingerprint density at radius 2 is 1.92 bits per heavy atom. The third-order valence-corrected chi connectivity index (χ3v) is 7.28. The number of anilines is 3. The average Bonchev–Trinajstić information content (AvgIpc) is 3.21. The standard InChI is InChI=1S/C25H30F3N7OS/c1-4-29-22-30-10-7-20(33-22)21-16(3)31-24(37-21)34-23(36)32-18-6-5-17(19(13-18)25(26,27)28)14-35-11-8-15(2)9-12-35/h5-7,10,13,15H,4,8-9,11-12,14H2,1-3H3,(H,29,30,33)(H2,31,32,34,36). The minimum Gasteiger partial charge on any atom is -0.354 e. The maximum Gasteiger partial charge on any atom is 0.416 e. The number of benzene rings is 1. The lowest BCUT2D eigenvalue weighted by Crippen LogP contribution is -2.33. The summed E-state index contributed by atoms with van der Waals surface area (Å²) in [5.74, 6) is 1.08. The summed E-state index contributed by atoms with van der Waals surface area (Å²) in [6.45, 7) is 8.36. The molecule has 1 aromatic carbocycles. The molecule has 1 saturated heterocycles. The molecule has 3 heterocycles. The maximum atomic E-state index is 13.8. The highest BCUT2D eigenvalue weighted by molar-refractivity contribution is 7.19. The lowest BCUT2D eigenvalue weighted by molar-refractivity contribution is -0.138. The van der Waals surface area contributed by atoms with E-state index < -0.39 is 17.8 Å². The Kier molecular flexibility index (Phi) is 8.28. The van der Waals surface area contributed by atoms with Crippen molar-refractivity contribution < 1.29 is 18.0 Å². The molecule has 1 fully saturated rings. The van der Waals surface area contributed by atoms with E-state index in [9.17, 15) is 18.0 Å². The topological polar surface area (TPSA) is 95.1 Å². The Morgan fingerprint density at radius 1 is 1.16 bits per heavy atom. The van der Waals surface area contributed by atoms with Crippen molar-refractivity contribution in [3.63, 3.8) is 0 Å². The van der Waals surface area contributed by atoms with Crippen molar-refractivity contribution in [3.05, 3.63) is 47.3 Å². The van der Waals surface area contributed by atoms with Crippen molar-refractivity contribution in [2.75, 3.05) is 35.6 Å². The molecule has 2 amide bonds. The van der Waals surface area contributed by atoms with Gasteiger partial charge < -0.3 is 10.6 Å². The van der Waals surface area contributed by atoms with Gasteiger partial charge in [0.05, 0.1) is 21.8 Å². The van der Waals surface area contributed by atoms with E-state index in [2.05, 4.69) is 37.8 Å². The third-order valence-electron chi connectivity index (χ3n) is 6.18. The van der Waals surface area contributed by atoms with E-state index in [0.717, 1.165) is 36.9 Å². The van der Waals surface area contributed by atoms with Crippen LogP contribution in [0.3, 0.4) is 0 Å². The first-order valence-corrected chi connectivity index (χ1v) is 13.0. The fraction of sp³-hybridized carbons (Fsp3) is 0.440. The van der Waals surface area contributed by atoms with Crippen molar-refractivity contribution >= 4 is 34.1 Å². The number of aryl methyl sites for hydroxylation is 1. The molecular formula is C25H30F3N7OS. The van der Waals surface area contributed by atoms with Gasteiger partial charge in [-0.2, -0.15) is 13.2 Å². The first kappa shape index (κ1) is 26.8. The van der Waals surface area contributed by atoms with Crippen LogP contribution in [0.2, 0.25) is 0 Å². The van der Waals surface area contributed by atoms with Gasteiger partial charge in [0.25, 0.3) is 0 Å². The molecule has 1 aliphatic rings. The lowest BCUT2D eigenvalue weighted by atomic mass is 9.98. The van der Waals surface area contributed by atoms with Gasteiger partial charge in [-0.3, -0.25) is 10.2 Å². The normalized spacial score (nSPS) is 15.0. The van der Waals surface area contributed by atoms with Crippen LogP contribution in [0.1, 0.15) is 43.5 Å². The van der Waals surface area contributed by atoms with Crippen molar-refractivity contribution in [2.24, 2.45) is 5.92 Å². The van der Waals surface area contributed by atoms with Crippen LogP contribution >= 0.6 is 11.3 Å². The monoisotopic (exact) mass is 533 g/mol. The quantitative estimate of drug-likeness (QED) is 0.333. The van der Waals surface area contributed by atoms with Gasteiger partial charge in [-0.15, -0.1) is 0 Å². The van der Waals surface area contributed by atoms with E-state index in [0.29, 0.717) is 34.9 Å². The molecule has 0 spiro atoms. The average molecular weight is 534 g/mol. The van der Waals surface area contributed by atoms with Crippen LogP contribution in [0.5, 0.6) is 0 Å². The molecule has 4 rings (SSSR count). The number of halogens is 3. The number of amides is 2. The molecule has 2 aromatic heterocycles. The molecule has 1 aliphatic heterocycles. The summed E-state index contributed by atoms with van der Waals surface area (Å²) in [5, 5.41) is 8.47. The third kappa shape index (κ3) is 6.95. The molecule has 12 heteroatoms. The van der Waals surface area contributed by atoms with Gasteiger partial charge in [0.15, 0.2) is 5.13 Å². The number of alkyl halides is 3. The summed E-state index contributed by atoms with van der Waals surface area (Å²) in [6.07, 6.45) is -0.940. The second kappa shape index (κ2) is 11.4. The van der Waals surface area contributed by atoms with Gasteiger partial charge in [0.2, 0.25) is 5.95 Å². The molecule has 8 nitrogen and oxygen atoms in total. The molecule has 0 aliphatic carbocycles. The number of urea groups is 1. The molecule has 0 unspecified atom stereocenters. The van der Waals surface area contributed by atoms with Crippen LogP contribution in [-0.2, 0) is 12.7 Å². The number of hydrogen-bond acceptors (Lipinski definition) is 7. The molecule has 0 saturated carbocycles. The summed E-state index contributed by atoms with van der Waals surface area (Å²) in [6, 6.07) is 5.00. The van der Waals surface area contributed by atoms with Crippen molar-refractivity contribution in [1.29, 1.82) is 0 Å². The molecule has 198 valence electrons. The molecule has 0 atom stereocenters. The molecule has 0 radical (unpaired) electrons. The Bertz CT molecular complexity index is 1240. The second-order valence-corrected chi connectivity index (χ2v) is 10.1. The Hall–Kier alpha value is -3.25. The number of nitrogens with one attached hydrogen (secondary N) is 3. The zero-order chi connectivity index (χ0) is 26.6. The first-order valence-electron chi connectivity index (χ1n) is 12.2. The number of piperidine rings is 1. The van der Waals surface area contributed by atoms with Gasteiger partial charge in [-0.05, 0) is 69.5 Å². The van der Waals surface area contributed by atoms with Crippen LogP contribution in [-0.4, -0.2) is 45.5 Å². The summed E-state index contributed by atoms with van der Waals surface area (Å²) < 4.78 is 41.5. The van der Waals surface area contributed by atoms with E-state index in [1.54, 1.807) is 19.2 Å². The highest BCUT2D eigenvalue weighted by Crippen LogP contribution is 2.35. The summed E-state index contributed by atoms with van der Waals surface area (Å²) in [7, 11) is 0. The van der Waals surface area contributed by atoms with E-state index >= 15 is 0 Å². The van der Waals surface area contributed by atoms with Crippen molar-refractivity contribution in [2.45, 2.75) is 46.3 Å². The fourth-order valence-corrected chi connectivity index (χ4v) is 5.12. The summed E-state index contributed by atoms with van der Waals surface area (Å²) >= 11 is 1.22. The van der Waals surface area contributed by atoms with E-state index in [1.165, 1.54) is 23.5 Å². The number of thiazole rings is 1. The van der Waals surface area contributed by atoms with Crippen molar-refractivity contribution in [1.82, 2.24) is 19.9 Å². The van der Waals surface area contributed by atoms with Gasteiger partial charge in [-0.25, -0.2) is 19.7 Å². The van der Waals surface area contributed by atoms with Gasteiger partial charge in [0, 0.05) is 25.0 Å². The zero-order valence-corrected chi connectivity index (χ0v) is 21.8. The minimum atomic E-state index is -4.53. The van der Waals surface area contributed by atoms with Crippen LogP contribution in [0.15, 0.2) is 30.5 Å². The van der Waals surface area contributed by atoms with Crippen molar-refractivity contribution in [3.8, 4) is 10.6 Å². The fourth-order valence-electron chi connectivity index (χ4n) is 4.19. The number of hydrogen-bond donors (Lipinski definition) is 3. The maximum absolute atomic E-state index is 13.8. The molecule has 3 aromatic rings. The van der Waals surface area contributed by atoms with E-state index in [4.69, 9.17) is 0 Å². The van der Waals surface area contributed by atoms with E-state index in [-0.39, 0.29) is 17.8 Å². The van der Waals surface area contributed by atoms with Gasteiger partial charge >= 0.3 is 12.2 Å². The van der Waals surface area contributed by atoms with Gasteiger partial charge in [-0.1, -0.05) is 24.3 Å². The molecule has 0 bridgehead atoms. The first-order chi connectivity index (χ1) is 17.6. The molecule has 3 N–H and O–H groups in total. The number of carbonyl (C=O) groups excluding carboxylic acids is 1. The van der Waals surface area contributed by atoms with E-state index in [1.807, 2.05) is 11.8 Å². The summed E-state index contributed by atoms with van der Waals surface area (Å²) in [5.41, 5.74) is 0.840. The predicted octanol–water partition coefficient (Wildman–Crippen LogP) is 6.24. The Balaban J connectivity index is 1.45. The Morgan fingerprint density at radius 3 is 2.62 bits per heavy atom. The number of rotatable bonds is 7. The highest BCUT2D eigenvalue weighted by Gasteiger charge is 2.34. The zero-order valence-electron chi connectivity index (χ0n) is 20.9. The van der Waals surface area contributed by atoms with Crippen LogP contribution in [0, 0.1) is 12.8 Å². The van der Waals surface area contributed by atoms with Crippen LogP contribution in [0.25, 0.3) is 10.6 Å².